The zero-order valence-corrected chi connectivity index (χ0v) is 25.5. The summed E-state index contributed by atoms with van der Waals surface area (Å²) in [5, 5.41) is 3.86. The number of halogens is 2. The number of nitrogens with zero attached hydrogens (tertiary/aromatic N) is 2. The van der Waals surface area contributed by atoms with Crippen molar-refractivity contribution in [1.29, 1.82) is 0 Å². The molecule has 2 amide bonds. The van der Waals surface area contributed by atoms with E-state index in [2.05, 4.69) is 5.32 Å². The highest BCUT2D eigenvalue weighted by molar-refractivity contribution is 7.92. The van der Waals surface area contributed by atoms with Crippen LogP contribution in [-0.2, 0) is 26.2 Å². The summed E-state index contributed by atoms with van der Waals surface area (Å²) in [5.41, 5.74) is 1.96. The second kappa shape index (κ2) is 13.9. The van der Waals surface area contributed by atoms with Gasteiger partial charge in [0, 0.05) is 12.6 Å². The van der Waals surface area contributed by atoms with Crippen molar-refractivity contribution in [2.24, 2.45) is 0 Å². The minimum Gasteiger partial charge on any atom is -0.352 e. The van der Waals surface area contributed by atoms with Gasteiger partial charge < -0.3 is 10.2 Å². The third-order valence-corrected chi connectivity index (χ3v) is 9.05. The highest BCUT2D eigenvalue weighted by Crippen LogP contribution is 2.30. The maximum atomic E-state index is 14.0. The van der Waals surface area contributed by atoms with E-state index in [-0.39, 0.29) is 24.4 Å². The van der Waals surface area contributed by atoms with Gasteiger partial charge in [0.25, 0.3) is 0 Å². The maximum absolute atomic E-state index is 14.0. The second-order valence-corrected chi connectivity index (χ2v) is 13.2. The molecule has 2 aromatic rings. The highest BCUT2D eigenvalue weighted by Gasteiger charge is 2.33. The molecule has 0 saturated heterocycles. The molecule has 1 fully saturated rings. The molecule has 7 nitrogen and oxygen atoms in total. The number of para-hydroxylation sites is 1. The summed E-state index contributed by atoms with van der Waals surface area (Å²) in [6.07, 6.45) is 6.57. The van der Waals surface area contributed by atoms with Crippen molar-refractivity contribution in [1.82, 2.24) is 10.2 Å². The van der Waals surface area contributed by atoms with E-state index in [0.717, 1.165) is 48.2 Å². The van der Waals surface area contributed by atoms with Crippen LogP contribution in [0.2, 0.25) is 10.0 Å². The Morgan fingerprint density at radius 1 is 1.03 bits per heavy atom. The smallest absolute Gasteiger partial charge is 0.244 e. The first-order valence-corrected chi connectivity index (χ1v) is 16.1. The van der Waals surface area contributed by atoms with Crippen LogP contribution in [0, 0.1) is 0 Å². The molecular weight excluding hydrogens is 557 g/mol. The molecule has 1 unspecified atom stereocenters. The third kappa shape index (κ3) is 8.35. The molecule has 1 N–H and O–H groups in total. The summed E-state index contributed by atoms with van der Waals surface area (Å²) >= 11 is 12.4. The number of nitrogens with one attached hydrogen (secondary N) is 1. The van der Waals surface area contributed by atoms with E-state index >= 15 is 0 Å². The number of amides is 2. The predicted octanol–water partition coefficient (Wildman–Crippen LogP) is 6.14. The third-order valence-electron chi connectivity index (χ3n) is 7.18. The highest BCUT2D eigenvalue weighted by atomic mass is 35.5. The zero-order valence-electron chi connectivity index (χ0n) is 23.1. The van der Waals surface area contributed by atoms with Crippen molar-refractivity contribution in [3.05, 3.63) is 63.6 Å². The fourth-order valence-electron chi connectivity index (χ4n) is 5.10. The number of hydrogen-bond acceptors (Lipinski definition) is 4. The van der Waals surface area contributed by atoms with Crippen molar-refractivity contribution in [2.45, 2.75) is 83.8 Å². The number of benzene rings is 2. The molecule has 1 saturated carbocycles. The van der Waals surface area contributed by atoms with Crippen LogP contribution in [0.15, 0.2) is 42.5 Å². The van der Waals surface area contributed by atoms with Crippen LogP contribution >= 0.6 is 23.2 Å². The van der Waals surface area contributed by atoms with E-state index in [4.69, 9.17) is 23.2 Å². The van der Waals surface area contributed by atoms with Crippen molar-refractivity contribution in [2.75, 3.05) is 17.1 Å². The molecule has 3 rings (SSSR count). The normalized spacial score (nSPS) is 15.2. The largest absolute Gasteiger partial charge is 0.352 e. The Bertz CT molecular complexity index is 1260. The van der Waals surface area contributed by atoms with Gasteiger partial charge in [0.2, 0.25) is 21.8 Å². The van der Waals surface area contributed by atoms with Crippen molar-refractivity contribution in [3.63, 3.8) is 0 Å². The summed E-state index contributed by atoms with van der Waals surface area (Å²) in [4.78, 5) is 29.0. The molecule has 0 aliphatic heterocycles. The molecule has 0 aromatic heterocycles. The molecular formula is C29H39Cl2N3O4S. The first-order valence-electron chi connectivity index (χ1n) is 13.5. The first-order chi connectivity index (χ1) is 18.4. The van der Waals surface area contributed by atoms with E-state index in [1.165, 1.54) is 4.90 Å². The lowest BCUT2D eigenvalue weighted by atomic mass is 9.95. The average Bonchev–Trinajstić information content (AvgIpc) is 2.89. The van der Waals surface area contributed by atoms with Crippen molar-refractivity contribution < 1.29 is 18.0 Å². The average molecular weight is 597 g/mol. The molecule has 39 heavy (non-hydrogen) atoms. The van der Waals surface area contributed by atoms with Gasteiger partial charge in [-0.3, -0.25) is 13.9 Å². The van der Waals surface area contributed by atoms with Gasteiger partial charge in [0.15, 0.2) is 0 Å². The lowest BCUT2D eigenvalue weighted by molar-refractivity contribution is -0.140. The van der Waals surface area contributed by atoms with Gasteiger partial charge >= 0.3 is 0 Å². The van der Waals surface area contributed by atoms with E-state index in [1.807, 2.05) is 32.9 Å². The topological polar surface area (TPSA) is 86.8 Å². The molecule has 1 aliphatic rings. The van der Waals surface area contributed by atoms with E-state index in [1.54, 1.807) is 30.3 Å². The minimum absolute atomic E-state index is 0.0394. The Balaban J connectivity index is 1.98. The molecule has 0 heterocycles. The second-order valence-electron chi connectivity index (χ2n) is 10.5. The number of anilines is 1. The van der Waals surface area contributed by atoms with Crippen LogP contribution in [0.4, 0.5) is 5.69 Å². The molecule has 1 atom stereocenters. The van der Waals surface area contributed by atoms with Gasteiger partial charge in [-0.25, -0.2) is 8.42 Å². The van der Waals surface area contributed by atoms with Crippen LogP contribution < -0.4 is 9.62 Å². The SMILES string of the molecule is CCC(C(=O)NC1CCCCC1)N(Cc1ccc(Cl)c(Cl)c1)C(=O)CN(c1ccccc1C(C)C)S(C)(=O)=O. The molecule has 0 spiro atoms. The fraction of sp³-hybridized carbons (Fsp3) is 0.517. The maximum Gasteiger partial charge on any atom is 0.244 e. The number of carbonyl (C=O) groups is 2. The summed E-state index contributed by atoms with van der Waals surface area (Å²) < 4.78 is 27.1. The Hall–Kier alpha value is -2.29. The molecule has 2 aromatic carbocycles. The van der Waals surface area contributed by atoms with Gasteiger partial charge in [-0.2, -0.15) is 0 Å². The van der Waals surface area contributed by atoms with E-state index < -0.39 is 28.5 Å². The van der Waals surface area contributed by atoms with E-state index in [9.17, 15) is 18.0 Å². The van der Waals surface area contributed by atoms with Crippen LogP contribution in [0.25, 0.3) is 0 Å². The predicted molar refractivity (Wildman–Crippen MR) is 159 cm³/mol. The number of rotatable bonds is 11. The van der Waals surface area contributed by atoms with Gasteiger partial charge in [0.05, 0.1) is 22.0 Å². The summed E-state index contributed by atoms with van der Waals surface area (Å²) in [6, 6.07) is 11.5. The van der Waals surface area contributed by atoms with Gasteiger partial charge in [-0.05, 0) is 54.5 Å². The quantitative estimate of drug-likeness (QED) is 0.338. The lowest BCUT2D eigenvalue weighted by Gasteiger charge is -2.34. The Kier molecular flexibility index (Phi) is 11.1. The Labute approximate surface area is 242 Å². The molecule has 10 heteroatoms. The number of hydrogen-bond donors (Lipinski definition) is 1. The number of sulfonamides is 1. The van der Waals surface area contributed by atoms with E-state index in [0.29, 0.717) is 27.7 Å². The van der Waals surface area contributed by atoms with Crippen molar-refractivity contribution in [3.8, 4) is 0 Å². The summed E-state index contributed by atoms with van der Waals surface area (Å²) in [6.45, 7) is 5.44. The first kappa shape index (κ1) is 31.2. The molecule has 0 radical (unpaired) electrons. The van der Waals surface area contributed by atoms with Crippen LogP contribution in [0.3, 0.4) is 0 Å². The minimum atomic E-state index is -3.82. The summed E-state index contributed by atoms with van der Waals surface area (Å²) in [7, 11) is -3.82. The van der Waals surface area contributed by atoms with Crippen molar-refractivity contribution >= 4 is 50.7 Å². The zero-order chi connectivity index (χ0) is 28.7. The lowest BCUT2D eigenvalue weighted by Crippen LogP contribution is -2.54. The van der Waals surface area contributed by atoms with Crippen LogP contribution in [-0.4, -0.2) is 50.0 Å². The Morgan fingerprint density at radius 2 is 1.69 bits per heavy atom. The molecule has 214 valence electrons. The van der Waals surface area contributed by atoms with Crippen LogP contribution in [0.1, 0.15) is 76.3 Å². The Morgan fingerprint density at radius 3 is 2.28 bits per heavy atom. The number of carbonyl (C=O) groups excluding carboxylic acids is 2. The molecule has 0 bridgehead atoms. The monoisotopic (exact) mass is 595 g/mol. The van der Waals surface area contributed by atoms with Gasteiger partial charge in [0.1, 0.15) is 12.6 Å². The fourth-order valence-corrected chi connectivity index (χ4v) is 6.29. The van der Waals surface area contributed by atoms with Gasteiger partial charge in [-0.1, -0.05) is 87.5 Å². The summed E-state index contributed by atoms with van der Waals surface area (Å²) in [5.74, 6) is -0.667. The standard InChI is InChI=1S/C29H39Cl2N3O4S/c1-5-26(29(36)32-22-11-7-6-8-12-22)33(18-21-15-16-24(30)25(31)17-21)28(35)19-34(39(4,37)38)27-14-10-9-13-23(27)20(2)3/h9-10,13-17,20,22,26H,5-8,11-12,18-19H2,1-4H3,(H,32,36). The van der Waals surface area contributed by atoms with Crippen LogP contribution in [0.5, 0.6) is 0 Å². The molecule has 1 aliphatic carbocycles. The van der Waals surface area contributed by atoms with Gasteiger partial charge in [-0.15, -0.1) is 0 Å².